The van der Waals surface area contributed by atoms with Crippen molar-refractivity contribution in [3.63, 3.8) is 0 Å². The lowest BCUT2D eigenvalue weighted by Crippen LogP contribution is -2.52. The van der Waals surface area contributed by atoms with Crippen molar-refractivity contribution in [2.45, 2.75) is 53.1 Å². The molecular weight excluding hydrogens is 474 g/mol. The molecule has 0 saturated heterocycles. The minimum Gasteiger partial charge on any atom is -0.354 e. The summed E-state index contributed by atoms with van der Waals surface area (Å²) in [7, 11) is -3.76. The lowest BCUT2D eigenvalue weighted by atomic mass is 10.1. The zero-order valence-electron chi connectivity index (χ0n) is 20.5. The Kier molecular flexibility index (Phi) is 9.94. The molecule has 0 aliphatic heterocycles. The van der Waals surface area contributed by atoms with E-state index in [0.717, 1.165) is 33.7 Å². The third-order valence-corrected chi connectivity index (χ3v) is 6.89. The second kappa shape index (κ2) is 12.2. The van der Waals surface area contributed by atoms with Gasteiger partial charge in [0.15, 0.2) is 0 Å². The highest BCUT2D eigenvalue weighted by molar-refractivity contribution is 7.92. The number of benzene rings is 2. The smallest absolute Gasteiger partial charge is 0.244 e. The number of nitrogens with one attached hydrogen (secondary N) is 1. The molecule has 186 valence electrons. The molecule has 0 spiro atoms. The summed E-state index contributed by atoms with van der Waals surface area (Å²) in [5.74, 6) is -0.718. The lowest BCUT2D eigenvalue weighted by molar-refractivity contribution is -0.140. The summed E-state index contributed by atoms with van der Waals surface area (Å²) >= 11 is 6.00. The van der Waals surface area contributed by atoms with Crippen molar-refractivity contribution < 1.29 is 18.0 Å². The van der Waals surface area contributed by atoms with Gasteiger partial charge in [0.2, 0.25) is 21.8 Å². The summed E-state index contributed by atoms with van der Waals surface area (Å²) in [6.45, 7) is 7.69. The van der Waals surface area contributed by atoms with Gasteiger partial charge in [-0.2, -0.15) is 0 Å². The highest BCUT2D eigenvalue weighted by Crippen LogP contribution is 2.25. The van der Waals surface area contributed by atoms with Crippen molar-refractivity contribution in [2.24, 2.45) is 0 Å². The summed E-state index contributed by atoms with van der Waals surface area (Å²) in [6.07, 6.45) is 2.23. The molecule has 0 aliphatic rings. The minimum atomic E-state index is -3.76. The first-order valence-corrected chi connectivity index (χ1v) is 13.6. The van der Waals surface area contributed by atoms with Crippen LogP contribution < -0.4 is 9.62 Å². The quantitative estimate of drug-likeness (QED) is 0.497. The van der Waals surface area contributed by atoms with Crippen molar-refractivity contribution in [1.82, 2.24) is 10.2 Å². The van der Waals surface area contributed by atoms with Gasteiger partial charge >= 0.3 is 0 Å². The maximum Gasteiger partial charge on any atom is 0.244 e. The van der Waals surface area contributed by atoms with Crippen molar-refractivity contribution >= 4 is 39.1 Å². The highest BCUT2D eigenvalue weighted by atomic mass is 35.5. The number of aryl methyl sites for hydroxylation is 2. The van der Waals surface area contributed by atoms with Crippen LogP contribution in [0.1, 0.15) is 43.4 Å². The lowest BCUT2D eigenvalue weighted by Gasteiger charge is -2.33. The zero-order valence-corrected chi connectivity index (χ0v) is 22.0. The van der Waals surface area contributed by atoms with E-state index in [-0.39, 0.29) is 12.5 Å². The van der Waals surface area contributed by atoms with Gasteiger partial charge in [-0.1, -0.05) is 49.7 Å². The van der Waals surface area contributed by atoms with Gasteiger partial charge in [0, 0.05) is 18.1 Å². The molecular formula is C25H34ClN3O4S. The molecule has 1 atom stereocenters. The Balaban J connectivity index is 2.45. The number of sulfonamides is 1. The van der Waals surface area contributed by atoms with Crippen LogP contribution in [0.4, 0.5) is 5.69 Å². The van der Waals surface area contributed by atoms with Crippen molar-refractivity contribution in [2.75, 3.05) is 23.7 Å². The summed E-state index contributed by atoms with van der Waals surface area (Å²) in [6, 6.07) is 11.7. The normalized spacial score (nSPS) is 12.2. The Morgan fingerprint density at radius 3 is 2.26 bits per heavy atom. The van der Waals surface area contributed by atoms with Crippen molar-refractivity contribution in [3.05, 3.63) is 64.2 Å². The minimum absolute atomic E-state index is 0.151. The molecule has 0 heterocycles. The standard InChI is InChI=1S/C25H34ClN3O4S/c1-6-14-27-25(31)22(7-2)28(16-20-10-12-21(26)13-11-20)24(30)17-29(34(5,32)33)23-15-18(3)8-9-19(23)4/h8-13,15,22H,6-7,14,16-17H2,1-5H3,(H,27,31)/t22-/m0/s1. The van der Waals surface area contributed by atoms with Gasteiger partial charge in [0.05, 0.1) is 11.9 Å². The first-order chi connectivity index (χ1) is 16.0. The van der Waals surface area contributed by atoms with Crippen molar-refractivity contribution in [1.29, 1.82) is 0 Å². The Hall–Kier alpha value is -2.58. The van der Waals surface area contributed by atoms with E-state index in [1.54, 1.807) is 37.3 Å². The summed E-state index contributed by atoms with van der Waals surface area (Å²) in [5, 5.41) is 3.42. The first-order valence-electron chi connectivity index (χ1n) is 11.3. The van der Waals surface area contributed by atoms with Gasteiger partial charge in [-0.15, -0.1) is 0 Å². The second-order valence-electron chi connectivity index (χ2n) is 8.42. The van der Waals surface area contributed by atoms with Gasteiger partial charge in [0.1, 0.15) is 12.6 Å². The molecule has 2 rings (SSSR count). The average Bonchev–Trinajstić information content (AvgIpc) is 2.78. The SMILES string of the molecule is CCCNC(=O)[C@H](CC)N(Cc1ccc(Cl)cc1)C(=O)CN(c1cc(C)ccc1C)S(C)(=O)=O. The van der Waals surface area contributed by atoms with Crippen LogP contribution in [0, 0.1) is 13.8 Å². The number of nitrogens with zero attached hydrogens (tertiary/aromatic N) is 2. The van der Waals surface area contributed by atoms with E-state index in [1.807, 2.05) is 32.9 Å². The highest BCUT2D eigenvalue weighted by Gasteiger charge is 2.32. The van der Waals surface area contributed by atoms with Crippen LogP contribution in [-0.2, 0) is 26.2 Å². The number of halogens is 1. The topological polar surface area (TPSA) is 86.8 Å². The van der Waals surface area contributed by atoms with Crippen LogP contribution in [0.5, 0.6) is 0 Å². The number of anilines is 1. The largest absolute Gasteiger partial charge is 0.354 e. The fourth-order valence-electron chi connectivity index (χ4n) is 3.65. The number of amides is 2. The van der Waals surface area contributed by atoms with E-state index in [9.17, 15) is 18.0 Å². The predicted molar refractivity (Wildman–Crippen MR) is 137 cm³/mol. The Labute approximate surface area is 208 Å². The van der Waals surface area contributed by atoms with E-state index in [4.69, 9.17) is 11.6 Å². The van der Waals surface area contributed by atoms with Gasteiger partial charge in [-0.25, -0.2) is 8.42 Å². The van der Waals surface area contributed by atoms with E-state index in [1.165, 1.54) is 4.90 Å². The molecule has 34 heavy (non-hydrogen) atoms. The maximum absolute atomic E-state index is 13.6. The molecule has 0 fully saturated rings. The van der Waals surface area contributed by atoms with Crippen molar-refractivity contribution in [3.8, 4) is 0 Å². The molecule has 7 nitrogen and oxygen atoms in total. The number of hydrogen-bond donors (Lipinski definition) is 1. The third kappa shape index (κ3) is 7.46. The Morgan fingerprint density at radius 1 is 1.06 bits per heavy atom. The second-order valence-corrected chi connectivity index (χ2v) is 10.8. The third-order valence-electron chi connectivity index (χ3n) is 5.51. The van der Waals surface area contributed by atoms with Crippen LogP contribution in [-0.4, -0.2) is 50.5 Å². The molecule has 0 saturated carbocycles. The fourth-order valence-corrected chi connectivity index (χ4v) is 4.68. The number of carbonyl (C=O) groups excluding carboxylic acids is 2. The molecule has 9 heteroatoms. The molecule has 0 radical (unpaired) electrons. The predicted octanol–water partition coefficient (Wildman–Crippen LogP) is 4.06. The van der Waals surface area contributed by atoms with E-state index >= 15 is 0 Å². The molecule has 0 bridgehead atoms. The van der Waals surface area contributed by atoms with Crippen LogP contribution in [0.2, 0.25) is 5.02 Å². The van der Waals surface area contributed by atoms with Gasteiger partial charge < -0.3 is 10.2 Å². The summed E-state index contributed by atoms with van der Waals surface area (Å²) in [5.41, 5.74) is 2.86. The van der Waals surface area contributed by atoms with Crippen LogP contribution in [0.3, 0.4) is 0 Å². The molecule has 2 amide bonds. The summed E-state index contributed by atoms with van der Waals surface area (Å²) < 4.78 is 26.6. The van der Waals surface area contributed by atoms with Gasteiger partial charge in [0.25, 0.3) is 0 Å². The number of carbonyl (C=O) groups is 2. The summed E-state index contributed by atoms with van der Waals surface area (Å²) in [4.78, 5) is 28.0. The number of rotatable bonds is 11. The van der Waals surface area contributed by atoms with Gasteiger partial charge in [-0.3, -0.25) is 13.9 Å². The Bertz CT molecular complexity index is 1100. The molecule has 0 aliphatic carbocycles. The van der Waals surface area contributed by atoms with Gasteiger partial charge in [-0.05, 0) is 61.6 Å². The van der Waals surface area contributed by atoms with Crippen LogP contribution in [0.25, 0.3) is 0 Å². The maximum atomic E-state index is 13.6. The molecule has 1 N–H and O–H groups in total. The van der Waals surface area contributed by atoms with Crippen LogP contribution in [0.15, 0.2) is 42.5 Å². The van der Waals surface area contributed by atoms with E-state index < -0.39 is 28.5 Å². The monoisotopic (exact) mass is 507 g/mol. The molecule has 0 aromatic heterocycles. The van der Waals surface area contributed by atoms with Crippen LogP contribution >= 0.6 is 11.6 Å². The Morgan fingerprint density at radius 2 is 1.71 bits per heavy atom. The molecule has 2 aromatic carbocycles. The first kappa shape index (κ1) is 27.7. The fraction of sp³-hybridized carbons (Fsp3) is 0.440. The molecule has 2 aromatic rings. The average molecular weight is 508 g/mol. The van der Waals surface area contributed by atoms with E-state index in [0.29, 0.717) is 23.7 Å². The zero-order chi connectivity index (χ0) is 25.5. The van der Waals surface area contributed by atoms with E-state index in [2.05, 4.69) is 5.32 Å². The molecule has 0 unspecified atom stereocenters. The number of hydrogen-bond acceptors (Lipinski definition) is 4.